The molecule has 26 heavy (non-hydrogen) atoms. The second kappa shape index (κ2) is 11.8. The molecule has 0 heterocycles. The Labute approximate surface area is 167 Å². The van der Waals surface area contributed by atoms with Gasteiger partial charge in [0.15, 0.2) is 0 Å². The van der Waals surface area contributed by atoms with E-state index in [1.165, 1.54) is 51.4 Å². The highest BCUT2D eigenvalue weighted by Gasteiger charge is 2.39. The van der Waals surface area contributed by atoms with Gasteiger partial charge in [-0.2, -0.15) is 0 Å². The zero-order valence-electron chi connectivity index (χ0n) is 19.9. The lowest BCUT2D eigenvalue weighted by molar-refractivity contribution is 0.0284. The van der Waals surface area contributed by atoms with E-state index >= 15 is 0 Å². The number of rotatable bonds is 11. The standard InChI is InChI=1S/C26H52/c1-10-12-24(14-13-20(6)15-19(5)11-2)26(18(3)4)25-17-21(7)16-22(8)23(25)9/h18-26H,10-17H2,1-9H3. The smallest absolute Gasteiger partial charge is 0.0332 e. The van der Waals surface area contributed by atoms with Crippen LogP contribution in [-0.4, -0.2) is 0 Å². The van der Waals surface area contributed by atoms with Crippen LogP contribution in [0.5, 0.6) is 0 Å². The van der Waals surface area contributed by atoms with Gasteiger partial charge in [-0.1, -0.05) is 88.0 Å². The Balaban J connectivity index is 2.83. The van der Waals surface area contributed by atoms with Crippen LogP contribution in [0, 0.1) is 53.3 Å². The summed E-state index contributed by atoms with van der Waals surface area (Å²) in [6.45, 7) is 22.3. The van der Waals surface area contributed by atoms with Crippen molar-refractivity contribution in [2.75, 3.05) is 0 Å². The Morgan fingerprint density at radius 1 is 0.808 bits per heavy atom. The first kappa shape index (κ1) is 24.0. The van der Waals surface area contributed by atoms with Gasteiger partial charge in [0.25, 0.3) is 0 Å². The van der Waals surface area contributed by atoms with Gasteiger partial charge < -0.3 is 0 Å². The average molecular weight is 365 g/mol. The predicted molar refractivity (Wildman–Crippen MR) is 119 cm³/mol. The van der Waals surface area contributed by atoms with Crippen LogP contribution in [0.4, 0.5) is 0 Å². The highest BCUT2D eigenvalue weighted by Crippen LogP contribution is 2.48. The van der Waals surface area contributed by atoms with E-state index in [9.17, 15) is 0 Å². The zero-order valence-corrected chi connectivity index (χ0v) is 19.9. The van der Waals surface area contributed by atoms with Crippen molar-refractivity contribution in [3.8, 4) is 0 Å². The van der Waals surface area contributed by atoms with Crippen molar-refractivity contribution in [1.29, 1.82) is 0 Å². The molecule has 0 N–H and O–H groups in total. The SMILES string of the molecule is CCCC(CCC(C)CC(C)CC)C(C(C)C)C1CC(C)CC(C)C1C. The van der Waals surface area contributed by atoms with Gasteiger partial charge in [0.2, 0.25) is 0 Å². The molecule has 0 aromatic rings. The summed E-state index contributed by atoms with van der Waals surface area (Å²) in [6.07, 6.45) is 11.4. The Bertz CT molecular complexity index is 357. The van der Waals surface area contributed by atoms with Gasteiger partial charge in [-0.05, 0) is 78.9 Å². The first-order valence-electron chi connectivity index (χ1n) is 12.2. The fraction of sp³-hybridized carbons (Fsp3) is 1.00. The minimum absolute atomic E-state index is 0.835. The molecule has 0 amide bonds. The average Bonchev–Trinajstić information content (AvgIpc) is 2.56. The summed E-state index contributed by atoms with van der Waals surface area (Å²) in [7, 11) is 0. The van der Waals surface area contributed by atoms with Gasteiger partial charge in [-0.25, -0.2) is 0 Å². The van der Waals surface area contributed by atoms with E-state index in [-0.39, 0.29) is 0 Å². The molecule has 1 rings (SSSR count). The molecular weight excluding hydrogens is 312 g/mol. The number of hydrogen-bond donors (Lipinski definition) is 0. The van der Waals surface area contributed by atoms with E-state index in [1.54, 1.807) is 0 Å². The van der Waals surface area contributed by atoms with Crippen LogP contribution in [0.1, 0.15) is 114 Å². The van der Waals surface area contributed by atoms with Crippen LogP contribution >= 0.6 is 0 Å². The van der Waals surface area contributed by atoms with Crippen molar-refractivity contribution in [3.05, 3.63) is 0 Å². The van der Waals surface area contributed by atoms with E-state index in [1.807, 2.05) is 0 Å². The molecule has 0 radical (unpaired) electrons. The van der Waals surface area contributed by atoms with Crippen LogP contribution in [0.2, 0.25) is 0 Å². The van der Waals surface area contributed by atoms with E-state index in [0.717, 1.165) is 53.3 Å². The maximum absolute atomic E-state index is 2.57. The van der Waals surface area contributed by atoms with Gasteiger partial charge in [-0.3, -0.25) is 0 Å². The van der Waals surface area contributed by atoms with Gasteiger partial charge in [0.1, 0.15) is 0 Å². The van der Waals surface area contributed by atoms with Crippen molar-refractivity contribution >= 4 is 0 Å². The predicted octanol–water partition coefficient (Wildman–Crippen LogP) is 8.85. The summed E-state index contributed by atoms with van der Waals surface area (Å²) < 4.78 is 0. The molecule has 0 spiro atoms. The summed E-state index contributed by atoms with van der Waals surface area (Å²) in [6, 6.07) is 0. The first-order chi connectivity index (χ1) is 12.2. The van der Waals surface area contributed by atoms with Crippen molar-refractivity contribution in [2.45, 2.75) is 114 Å². The molecular formula is C26H52. The molecule has 1 aliphatic rings. The van der Waals surface area contributed by atoms with Gasteiger partial charge in [0, 0.05) is 0 Å². The van der Waals surface area contributed by atoms with E-state index < -0.39 is 0 Å². The topological polar surface area (TPSA) is 0 Å². The molecule has 1 saturated carbocycles. The highest BCUT2D eigenvalue weighted by atomic mass is 14.4. The van der Waals surface area contributed by atoms with Crippen LogP contribution < -0.4 is 0 Å². The van der Waals surface area contributed by atoms with Crippen LogP contribution in [0.15, 0.2) is 0 Å². The fourth-order valence-electron chi connectivity index (χ4n) is 6.31. The van der Waals surface area contributed by atoms with Gasteiger partial charge >= 0.3 is 0 Å². The molecule has 0 saturated heterocycles. The number of hydrogen-bond acceptors (Lipinski definition) is 0. The minimum atomic E-state index is 0.835. The molecule has 8 atom stereocenters. The fourth-order valence-corrected chi connectivity index (χ4v) is 6.31. The van der Waals surface area contributed by atoms with Crippen molar-refractivity contribution in [1.82, 2.24) is 0 Å². The molecule has 0 aliphatic heterocycles. The maximum Gasteiger partial charge on any atom is -0.0332 e. The molecule has 8 unspecified atom stereocenters. The van der Waals surface area contributed by atoms with E-state index in [4.69, 9.17) is 0 Å². The summed E-state index contributed by atoms with van der Waals surface area (Å²) in [5, 5.41) is 0. The first-order valence-corrected chi connectivity index (χ1v) is 12.2. The van der Waals surface area contributed by atoms with Crippen LogP contribution in [-0.2, 0) is 0 Å². The van der Waals surface area contributed by atoms with Crippen LogP contribution in [0.3, 0.4) is 0 Å². The molecule has 0 bridgehead atoms. The largest absolute Gasteiger partial charge is 0.0654 e. The Morgan fingerprint density at radius 3 is 2.00 bits per heavy atom. The second-order valence-corrected chi connectivity index (χ2v) is 10.9. The molecule has 1 fully saturated rings. The Morgan fingerprint density at radius 2 is 1.46 bits per heavy atom. The lowest BCUT2D eigenvalue weighted by atomic mass is 9.59. The summed E-state index contributed by atoms with van der Waals surface area (Å²) in [5.41, 5.74) is 0. The third-order valence-corrected chi connectivity index (χ3v) is 8.02. The monoisotopic (exact) mass is 364 g/mol. The van der Waals surface area contributed by atoms with E-state index in [2.05, 4.69) is 62.3 Å². The van der Waals surface area contributed by atoms with E-state index in [0.29, 0.717) is 0 Å². The highest BCUT2D eigenvalue weighted by molar-refractivity contribution is 4.89. The lowest BCUT2D eigenvalue weighted by Crippen LogP contribution is -2.39. The molecule has 0 aromatic heterocycles. The van der Waals surface area contributed by atoms with Crippen LogP contribution in [0.25, 0.3) is 0 Å². The Hall–Kier alpha value is 0. The van der Waals surface area contributed by atoms with Gasteiger partial charge in [-0.15, -0.1) is 0 Å². The molecule has 0 aromatic carbocycles. The summed E-state index contributed by atoms with van der Waals surface area (Å²) in [4.78, 5) is 0. The summed E-state index contributed by atoms with van der Waals surface area (Å²) >= 11 is 0. The molecule has 0 heteroatoms. The van der Waals surface area contributed by atoms with Crippen molar-refractivity contribution < 1.29 is 0 Å². The van der Waals surface area contributed by atoms with Crippen molar-refractivity contribution in [2.24, 2.45) is 53.3 Å². The van der Waals surface area contributed by atoms with Crippen molar-refractivity contribution in [3.63, 3.8) is 0 Å². The minimum Gasteiger partial charge on any atom is -0.0654 e. The maximum atomic E-state index is 2.57. The third kappa shape index (κ3) is 7.20. The molecule has 0 nitrogen and oxygen atoms in total. The normalized spacial score (nSPS) is 31.6. The quantitative estimate of drug-likeness (QED) is 0.343. The lowest BCUT2D eigenvalue weighted by Gasteiger charge is -2.46. The molecule has 1 aliphatic carbocycles. The Kier molecular flexibility index (Phi) is 10.9. The zero-order chi connectivity index (χ0) is 19.9. The molecule has 156 valence electrons. The van der Waals surface area contributed by atoms with Gasteiger partial charge in [0.05, 0.1) is 0 Å². The third-order valence-electron chi connectivity index (χ3n) is 8.02. The summed E-state index contributed by atoms with van der Waals surface area (Å²) in [5.74, 6) is 8.23. The second-order valence-electron chi connectivity index (χ2n) is 10.9.